The fourth-order valence-electron chi connectivity index (χ4n) is 5.26. The van der Waals surface area contributed by atoms with Crippen LogP contribution in [-0.2, 0) is 30.9 Å². The Morgan fingerprint density at radius 3 is 1.96 bits per heavy atom. The molecule has 246 valence electrons. The number of nitrogens with one attached hydrogen (secondary N) is 3. The van der Waals surface area contributed by atoms with Gasteiger partial charge in [0.15, 0.2) is 0 Å². The lowest BCUT2D eigenvalue weighted by Crippen LogP contribution is -2.53. The molecule has 0 saturated carbocycles. The lowest BCUT2D eigenvalue weighted by Gasteiger charge is -2.29. The topological polar surface area (TPSA) is 151 Å². The van der Waals surface area contributed by atoms with E-state index >= 15 is 0 Å². The summed E-state index contributed by atoms with van der Waals surface area (Å²) in [6, 6.07) is 15.8. The molecule has 11 nitrogen and oxygen atoms in total. The van der Waals surface area contributed by atoms with Crippen LogP contribution in [0.2, 0.25) is 0 Å². The Bertz CT molecular complexity index is 1680. The van der Waals surface area contributed by atoms with E-state index in [0.29, 0.717) is 23.2 Å². The van der Waals surface area contributed by atoms with Crippen molar-refractivity contribution in [2.45, 2.75) is 71.7 Å². The summed E-state index contributed by atoms with van der Waals surface area (Å²) in [4.78, 5) is 54.6. The maximum Gasteiger partial charge on any atom is 0.323 e. The Balaban J connectivity index is 1.48. The van der Waals surface area contributed by atoms with Gasteiger partial charge < -0.3 is 10.1 Å². The number of fused-ring (bicyclic) bond motifs is 2. The number of rotatable bonds is 13. The Morgan fingerprint density at radius 1 is 0.891 bits per heavy atom. The molecule has 12 heteroatoms. The summed E-state index contributed by atoms with van der Waals surface area (Å²) < 4.78 is 31.0. The summed E-state index contributed by atoms with van der Waals surface area (Å²) in [7, 11) is -3.41. The van der Waals surface area contributed by atoms with E-state index in [0.717, 1.165) is 27.5 Å². The van der Waals surface area contributed by atoms with E-state index < -0.39 is 45.5 Å². The second-order valence-corrected chi connectivity index (χ2v) is 14.8. The number of benzene rings is 3. The smallest absolute Gasteiger partial charge is 0.323 e. The highest BCUT2D eigenvalue weighted by Crippen LogP contribution is 2.28. The molecule has 2 atom stereocenters. The van der Waals surface area contributed by atoms with E-state index in [9.17, 15) is 27.6 Å². The number of carbonyl (C=O) groups excluding carboxylic acids is 4. The third-order valence-corrected chi connectivity index (χ3v) is 7.93. The minimum Gasteiger partial charge on any atom is -0.459 e. The second-order valence-electron chi connectivity index (χ2n) is 13.0. The summed E-state index contributed by atoms with van der Waals surface area (Å²) in [6.07, 6.45) is 1.51. The standard InChI is InChI=1S/C34H42N4O7S/c1-21(2)17-29(30(39)35-20-22-11-13-25(14-12-22)37-46(6,43)44)36-28(33(42)45-34(3,4)5)15-16-38-31(40)26-18-23-9-7-8-10-24(23)19-27(26)32(38)41/h7-14,18-19,21,28-29,36-37H,15-17,20H2,1-6H3,(H,35,39)/t28-,29+/m1/s1. The quantitative estimate of drug-likeness (QED) is 0.184. The number of hydrogen-bond acceptors (Lipinski definition) is 8. The minimum atomic E-state index is -3.41. The number of ether oxygens (including phenoxy) is 1. The van der Waals surface area contributed by atoms with E-state index in [1.165, 1.54) is 0 Å². The molecule has 1 heterocycles. The van der Waals surface area contributed by atoms with Gasteiger partial charge in [0.1, 0.15) is 11.6 Å². The molecule has 3 N–H and O–H groups in total. The first-order valence-electron chi connectivity index (χ1n) is 15.2. The van der Waals surface area contributed by atoms with Crippen LogP contribution in [0.15, 0.2) is 60.7 Å². The average Bonchev–Trinajstić information content (AvgIpc) is 3.18. The van der Waals surface area contributed by atoms with Crippen LogP contribution >= 0.6 is 0 Å². The molecule has 0 bridgehead atoms. The molecular formula is C34H42N4O7S. The largest absolute Gasteiger partial charge is 0.459 e. The van der Waals surface area contributed by atoms with Crippen molar-refractivity contribution in [2.24, 2.45) is 5.92 Å². The predicted molar refractivity (Wildman–Crippen MR) is 177 cm³/mol. The first-order valence-corrected chi connectivity index (χ1v) is 17.1. The normalized spacial score (nSPS) is 14.7. The summed E-state index contributed by atoms with van der Waals surface area (Å²) in [5.74, 6) is -1.70. The highest BCUT2D eigenvalue weighted by atomic mass is 32.2. The molecule has 0 fully saturated rings. The molecule has 0 radical (unpaired) electrons. The van der Waals surface area contributed by atoms with Crippen molar-refractivity contribution in [3.8, 4) is 0 Å². The molecule has 1 aliphatic heterocycles. The maximum absolute atomic E-state index is 13.4. The number of amides is 3. The first kappa shape index (κ1) is 34.6. The van der Waals surface area contributed by atoms with Gasteiger partial charge in [0.05, 0.1) is 23.4 Å². The van der Waals surface area contributed by atoms with Gasteiger partial charge in [-0.05, 0) is 80.1 Å². The van der Waals surface area contributed by atoms with E-state index in [1.54, 1.807) is 57.2 Å². The monoisotopic (exact) mass is 650 g/mol. The summed E-state index contributed by atoms with van der Waals surface area (Å²) >= 11 is 0. The molecule has 4 rings (SSSR count). The summed E-state index contributed by atoms with van der Waals surface area (Å²) in [5, 5.41) is 7.76. The molecule has 0 aromatic heterocycles. The van der Waals surface area contributed by atoms with Crippen molar-refractivity contribution in [2.75, 3.05) is 17.5 Å². The second kappa shape index (κ2) is 14.0. The molecule has 3 aromatic rings. The van der Waals surface area contributed by atoms with Crippen molar-refractivity contribution in [1.82, 2.24) is 15.5 Å². The number of nitrogens with zero attached hydrogens (tertiary/aromatic N) is 1. The third-order valence-electron chi connectivity index (χ3n) is 7.32. The molecule has 0 unspecified atom stereocenters. The van der Waals surface area contributed by atoms with Crippen molar-refractivity contribution < 1.29 is 32.3 Å². The van der Waals surface area contributed by atoms with Gasteiger partial charge in [-0.15, -0.1) is 0 Å². The number of sulfonamides is 1. The van der Waals surface area contributed by atoms with Gasteiger partial charge >= 0.3 is 5.97 Å². The predicted octanol–water partition coefficient (Wildman–Crippen LogP) is 4.23. The summed E-state index contributed by atoms with van der Waals surface area (Å²) in [6.45, 7) is 9.27. The number of carbonyl (C=O) groups is 4. The van der Waals surface area contributed by atoms with Crippen molar-refractivity contribution in [3.05, 3.63) is 77.4 Å². The van der Waals surface area contributed by atoms with Crippen molar-refractivity contribution in [3.63, 3.8) is 0 Å². The fourth-order valence-corrected chi connectivity index (χ4v) is 5.83. The molecular weight excluding hydrogens is 608 g/mol. The van der Waals surface area contributed by atoms with Gasteiger partial charge in [-0.3, -0.25) is 34.1 Å². The lowest BCUT2D eigenvalue weighted by atomic mass is 10.0. The van der Waals surface area contributed by atoms with Gasteiger partial charge in [-0.1, -0.05) is 50.2 Å². The molecule has 3 amide bonds. The van der Waals surface area contributed by atoms with Crippen LogP contribution in [0.4, 0.5) is 5.69 Å². The van der Waals surface area contributed by atoms with E-state index in [1.807, 2.05) is 38.1 Å². The molecule has 1 aliphatic rings. The van der Waals surface area contributed by atoms with Crippen LogP contribution in [0.5, 0.6) is 0 Å². The van der Waals surface area contributed by atoms with Crippen LogP contribution in [0, 0.1) is 5.92 Å². The van der Waals surface area contributed by atoms with Crippen LogP contribution in [0.25, 0.3) is 10.8 Å². The molecule has 3 aromatic carbocycles. The molecule has 0 spiro atoms. The Morgan fingerprint density at radius 2 is 1.46 bits per heavy atom. The van der Waals surface area contributed by atoms with Gasteiger partial charge in [0, 0.05) is 18.8 Å². The Hall–Kier alpha value is -4.29. The SMILES string of the molecule is CC(C)C[C@H](N[C@H](CCN1C(=O)c2cc3ccccc3cc2C1=O)C(=O)OC(C)(C)C)C(=O)NCc1ccc(NS(C)(=O)=O)cc1. The highest BCUT2D eigenvalue weighted by Gasteiger charge is 2.38. The van der Waals surface area contributed by atoms with Gasteiger partial charge in [0.25, 0.3) is 11.8 Å². The van der Waals surface area contributed by atoms with Crippen LogP contribution in [0.3, 0.4) is 0 Å². The zero-order valence-corrected chi connectivity index (χ0v) is 27.9. The van der Waals surface area contributed by atoms with Crippen molar-refractivity contribution >= 4 is 50.2 Å². The fraction of sp³-hybridized carbons (Fsp3) is 0.412. The number of hydrogen-bond donors (Lipinski definition) is 3. The average molecular weight is 651 g/mol. The molecule has 0 saturated heterocycles. The summed E-state index contributed by atoms with van der Waals surface area (Å²) in [5.41, 5.74) is 0.993. The molecule has 46 heavy (non-hydrogen) atoms. The lowest BCUT2D eigenvalue weighted by molar-refractivity contribution is -0.158. The zero-order valence-electron chi connectivity index (χ0n) is 27.0. The zero-order chi connectivity index (χ0) is 33.8. The van der Waals surface area contributed by atoms with E-state index in [4.69, 9.17) is 4.74 Å². The van der Waals surface area contributed by atoms with Crippen LogP contribution in [0.1, 0.15) is 73.7 Å². The Kier molecular flexibility index (Phi) is 10.5. The van der Waals surface area contributed by atoms with Gasteiger partial charge in [-0.2, -0.15) is 0 Å². The molecule has 0 aliphatic carbocycles. The van der Waals surface area contributed by atoms with Gasteiger partial charge in [-0.25, -0.2) is 8.42 Å². The minimum absolute atomic E-state index is 0.0383. The van der Waals surface area contributed by atoms with E-state index in [-0.39, 0.29) is 31.3 Å². The number of esters is 1. The van der Waals surface area contributed by atoms with Gasteiger partial charge in [0.2, 0.25) is 15.9 Å². The van der Waals surface area contributed by atoms with E-state index in [2.05, 4.69) is 15.4 Å². The van der Waals surface area contributed by atoms with Crippen LogP contribution < -0.4 is 15.4 Å². The number of anilines is 1. The Labute approximate surface area is 270 Å². The highest BCUT2D eigenvalue weighted by molar-refractivity contribution is 7.92. The number of imide groups is 1. The third kappa shape index (κ3) is 9.13. The van der Waals surface area contributed by atoms with Crippen molar-refractivity contribution in [1.29, 1.82) is 0 Å². The maximum atomic E-state index is 13.4. The first-order chi connectivity index (χ1) is 21.5. The van der Waals surface area contributed by atoms with Crippen LogP contribution in [-0.4, -0.2) is 67.5 Å².